The molecule has 12 heteroatoms. The van der Waals surface area contributed by atoms with E-state index in [1.54, 1.807) is 37.0 Å². The van der Waals surface area contributed by atoms with Crippen LogP contribution in [-0.4, -0.2) is 79.5 Å². The molecule has 1 aromatic carbocycles. The third-order valence-electron chi connectivity index (χ3n) is 6.23. The summed E-state index contributed by atoms with van der Waals surface area (Å²) in [4.78, 5) is 27.2. The van der Waals surface area contributed by atoms with Gasteiger partial charge < -0.3 is 20.4 Å². The van der Waals surface area contributed by atoms with Crippen molar-refractivity contribution in [1.29, 1.82) is 0 Å². The first kappa shape index (κ1) is 27.9. The van der Waals surface area contributed by atoms with Crippen LogP contribution in [-0.2, 0) is 16.1 Å². The Morgan fingerprint density at radius 2 is 2.05 bits per heavy atom. The van der Waals surface area contributed by atoms with Gasteiger partial charge in [-0.15, -0.1) is 0 Å². The van der Waals surface area contributed by atoms with Crippen molar-refractivity contribution in [2.45, 2.75) is 39.7 Å². The van der Waals surface area contributed by atoms with Crippen LogP contribution in [0.1, 0.15) is 43.1 Å². The molecular weight excluding hydrogens is 498 g/mol. The molecule has 1 aromatic heterocycles. The monoisotopic (exact) mass is 531 g/mol. The van der Waals surface area contributed by atoms with E-state index in [2.05, 4.69) is 20.7 Å². The molecule has 0 unspecified atom stereocenters. The minimum absolute atomic E-state index is 0.0429. The summed E-state index contributed by atoms with van der Waals surface area (Å²) in [5.74, 6) is -0.0506. The third-order valence-corrected chi connectivity index (χ3v) is 6.46. The van der Waals surface area contributed by atoms with Gasteiger partial charge in [0.25, 0.3) is 0 Å². The molecule has 4 N–H and O–H groups in total. The zero-order valence-electron chi connectivity index (χ0n) is 21.3. The molecule has 2 heterocycles. The molecular formula is C25H34ClN7O4+2. The standard InChI is InChI=1S/C25H32ClN7O4/c1-17-28-30-33(29-17)16-21-14-22(26)6-4-20(21)5-7-24(36)32-12-9-19(10-13-32)8-11-31(3)25(37)23(35)15-27-18(2)34/h4-7,14-15,19H,8-13,16H2,1-3H3,(H2,27,28,29,30,34,35,37)/p+2/b7-5+. The van der Waals surface area contributed by atoms with Gasteiger partial charge in [-0.05, 0) is 52.8 Å². The van der Waals surface area contributed by atoms with Crippen molar-refractivity contribution in [3.05, 3.63) is 58.2 Å². The average molecular weight is 532 g/mol. The quantitative estimate of drug-likeness (QED) is 0.128. The molecule has 1 aliphatic heterocycles. The topological polar surface area (TPSA) is 138 Å². The number of nitrogens with one attached hydrogen (secondary N) is 2. The van der Waals surface area contributed by atoms with Crippen molar-refractivity contribution in [1.82, 2.24) is 25.6 Å². The van der Waals surface area contributed by atoms with Gasteiger partial charge in [0.05, 0.1) is 11.3 Å². The van der Waals surface area contributed by atoms with Gasteiger partial charge in [-0.2, -0.15) is 4.58 Å². The molecule has 3 rings (SSSR count). The Balaban J connectivity index is 1.52. The fourth-order valence-electron chi connectivity index (χ4n) is 4.08. The summed E-state index contributed by atoms with van der Waals surface area (Å²) >= 11 is 6.19. The van der Waals surface area contributed by atoms with E-state index in [9.17, 15) is 19.8 Å². The number of nitrogens with zero attached hydrogens (tertiary/aromatic N) is 5. The SMILES string of the molecule is CC(=O)N/C=C(\O)C(O)=[N+](C)CCC1CCN(C(=O)/C=C/c2ccc(Cl)cc2C[n+]2nc(C)n[nH]2)CC1. The number of piperidine rings is 1. The van der Waals surface area contributed by atoms with E-state index in [4.69, 9.17) is 11.6 Å². The van der Waals surface area contributed by atoms with E-state index in [1.807, 2.05) is 17.0 Å². The molecule has 1 fully saturated rings. The number of carbonyl (C=O) groups excluding carboxylic acids is 2. The second-order valence-corrected chi connectivity index (χ2v) is 9.56. The minimum atomic E-state index is -0.400. The van der Waals surface area contributed by atoms with Crippen LogP contribution in [0.5, 0.6) is 0 Å². The van der Waals surface area contributed by atoms with Gasteiger partial charge in [0.1, 0.15) is 13.6 Å². The molecule has 1 saturated heterocycles. The van der Waals surface area contributed by atoms with E-state index < -0.39 is 5.76 Å². The number of aliphatic hydroxyl groups is 2. The van der Waals surface area contributed by atoms with Gasteiger partial charge in [0.2, 0.25) is 17.6 Å². The summed E-state index contributed by atoms with van der Waals surface area (Å²) in [5, 5.41) is 34.0. The summed E-state index contributed by atoms with van der Waals surface area (Å²) in [6.07, 6.45) is 6.98. The molecule has 0 atom stereocenters. The Morgan fingerprint density at radius 1 is 1.32 bits per heavy atom. The number of H-pyrrole nitrogens is 1. The van der Waals surface area contributed by atoms with Gasteiger partial charge >= 0.3 is 11.7 Å². The van der Waals surface area contributed by atoms with Crippen molar-refractivity contribution < 1.29 is 29.2 Å². The van der Waals surface area contributed by atoms with Crippen molar-refractivity contribution in [3.8, 4) is 0 Å². The van der Waals surface area contributed by atoms with Crippen LogP contribution in [0.2, 0.25) is 5.02 Å². The smallest absolute Gasteiger partial charge is 0.404 e. The molecule has 0 bridgehead atoms. The zero-order valence-corrected chi connectivity index (χ0v) is 22.1. The fourth-order valence-corrected chi connectivity index (χ4v) is 4.27. The van der Waals surface area contributed by atoms with E-state index >= 15 is 0 Å². The maximum absolute atomic E-state index is 12.8. The van der Waals surface area contributed by atoms with Crippen molar-refractivity contribution in [3.63, 3.8) is 0 Å². The van der Waals surface area contributed by atoms with Gasteiger partial charge in [-0.1, -0.05) is 22.5 Å². The Bertz CT molecular complexity index is 1210. The second kappa shape index (κ2) is 13.0. The lowest BCUT2D eigenvalue weighted by molar-refractivity contribution is -0.798. The highest BCUT2D eigenvalue weighted by Crippen LogP contribution is 2.22. The van der Waals surface area contributed by atoms with Crippen molar-refractivity contribution >= 4 is 35.4 Å². The number of rotatable bonds is 9. The largest absolute Gasteiger partial charge is 0.499 e. The lowest BCUT2D eigenvalue weighted by Crippen LogP contribution is -2.40. The third kappa shape index (κ3) is 8.42. The Hall–Kier alpha value is -3.73. The number of amides is 2. The van der Waals surface area contributed by atoms with Gasteiger partial charge in [-0.25, -0.2) is 0 Å². The van der Waals surface area contributed by atoms with E-state index in [-0.39, 0.29) is 17.7 Å². The maximum atomic E-state index is 12.8. The molecule has 198 valence electrons. The zero-order chi connectivity index (χ0) is 26.9. The van der Waals surface area contributed by atoms with Crippen molar-refractivity contribution in [2.24, 2.45) is 5.92 Å². The van der Waals surface area contributed by atoms with Crippen LogP contribution in [0.15, 0.2) is 36.2 Å². The highest BCUT2D eigenvalue weighted by Gasteiger charge is 2.24. The lowest BCUT2D eigenvalue weighted by atomic mass is 9.93. The summed E-state index contributed by atoms with van der Waals surface area (Å²) in [6.45, 7) is 5.40. The summed E-state index contributed by atoms with van der Waals surface area (Å²) in [7, 11) is 1.67. The van der Waals surface area contributed by atoms with Gasteiger partial charge in [-0.3, -0.25) is 9.59 Å². The van der Waals surface area contributed by atoms with Crippen LogP contribution in [0.3, 0.4) is 0 Å². The highest BCUT2D eigenvalue weighted by molar-refractivity contribution is 6.30. The number of halogens is 1. The van der Waals surface area contributed by atoms with Crippen LogP contribution in [0.4, 0.5) is 0 Å². The highest BCUT2D eigenvalue weighted by atomic mass is 35.5. The maximum Gasteiger partial charge on any atom is 0.404 e. The molecule has 2 aromatic rings. The second-order valence-electron chi connectivity index (χ2n) is 9.13. The first-order chi connectivity index (χ1) is 17.6. The Kier molecular flexibility index (Phi) is 9.78. The summed E-state index contributed by atoms with van der Waals surface area (Å²) in [6, 6.07) is 5.52. The summed E-state index contributed by atoms with van der Waals surface area (Å²) in [5.41, 5.74) is 1.79. The minimum Gasteiger partial charge on any atom is -0.499 e. The van der Waals surface area contributed by atoms with Gasteiger partial charge in [0.15, 0.2) is 6.54 Å². The fraction of sp³-hybridized carbons (Fsp3) is 0.440. The number of carbonyl (C=O) groups is 2. The molecule has 2 amide bonds. The first-order valence-corrected chi connectivity index (χ1v) is 12.5. The van der Waals surface area contributed by atoms with Crippen LogP contribution in [0, 0.1) is 12.8 Å². The Morgan fingerprint density at radius 3 is 2.70 bits per heavy atom. The lowest BCUT2D eigenvalue weighted by Gasteiger charge is -2.31. The number of tetrazole rings is 1. The average Bonchev–Trinajstić information content (AvgIpc) is 3.29. The van der Waals surface area contributed by atoms with E-state index in [0.717, 1.165) is 36.6 Å². The molecule has 37 heavy (non-hydrogen) atoms. The van der Waals surface area contributed by atoms with Crippen molar-refractivity contribution in [2.75, 3.05) is 26.7 Å². The van der Waals surface area contributed by atoms with Crippen LogP contribution >= 0.6 is 11.6 Å². The number of aliphatic hydroxyl groups excluding tert-OH is 2. The Labute approximate surface area is 220 Å². The number of likely N-dealkylation sites (tertiary alicyclic amines) is 1. The van der Waals surface area contributed by atoms with E-state index in [1.165, 1.54) is 11.5 Å². The number of aromatic nitrogens is 4. The molecule has 0 radical (unpaired) electrons. The number of hydrogen-bond donors (Lipinski definition) is 4. The molecule has 1 aliphatic rings. The van der Waals surface area contributed by atoms with Crippen LogP contribution < -0.4 is 10.1 Å². The molecule has 0 saturated carbocycles. The van der Waals surface area contributed by atoms with Crippen LogP contribution in [0.25, 0.3) is 6.08 Å². The number of benzene rings is 1. The number of hydrogen-bond acceptors (Lipinski definition) is 5. The normalized spacial score (nSPS) is 15.7. The number of aromatic amines is 1. The predicted octanol–water partition coefficient (Wildman–Crippen LogP) is 1.88. The molecule has 0 aliphatic carbocycles. The van der Waals surface area contributed by atoms with Gasteiger partial charge in [0, 0.05) is 50.0 Å². The first-order valence-electron chi connectivity index (χ1n) is 12.1. The van der Waals surface area contributed by atoms with E-state index in [0.29, 0.717) is 42.9 Å². The molecule has 0 spiro atoms. The number of aryl methyl sites for hydroxylation is 1. The molecule has 11 nitrogen and oxygen atoms in total. The predicted molar refractivity (Wildman–Crippen MR) is 138 cm³/mol. The summed E-state index contributed by atoms with van der Waals surface area (Å²) < 4.78 is 1.54.